The van der Waals surface area contributed by atoms with Crippen LogP contribution < -0.4 is 0 Å². The van der Waals surface area contributed by atoms with Crippen LogP contribution in [0.15, 0.2) is 46.3 Å². The van der Waals surface area contributed by atoms with Crippen LogP contribution in [0.1, 0.15) is 79.6 Å². The zero-order chi connectivity index (χ0) is 23.3. The van der Waals surface area contributed by atoms with Gasteiger partial charge in [0.15, 0.2) is 5.76 Å². The first-order valence-electron chi connectivity index (χ1n) is 12.2. The summed E-state index contributed by atoms with van der Waals surface area (Å²) >= 11 is 0. The van der Waals surface area contributed by atoms with Crippen molar-refractivity contribution in [2.45, 2.75) is 79.6 Å². The lowest BCUT2D eigenvalue weighted by atomic mass is 9.39. The van der Waals surface area contributed by atoms with E-state index >= 15 is 0 Å². The number of aliphatic hydroxyl groups is 1. The van der Waals surface area contributed by atoms with Crippen LogP contribution in [-0.4, -0.2) is 22.0 Å². The largest absolute Gasteiger partial charge is 0.504 e. The van der Waals surface area contributed by atoms with Gasteiger partial charge in [-0.2, -0.15) is 0 Å². The number of carboxylic acid groups (broad SMARTS) is 1. The lowest BCUT2D eigenvalue weighted by Crippen LogP contribution is -2.56. The maximum absolute atomic E-state index is 12.5. The normalized spacial score (nSPS) is 45.5. The Kier molecular flexibility index (Phi) is 4.40. The highest BCUT2D eigenvalue weighted by molar-refractivity contribution is 6.06. The molecular formula is C28H36O4. The van der Waals surface area contributed by atoms with Crippen LogP contribution in [0.5, 0.6) is 0 Å². The molecule has 0 heterocycles. The molecule has 4 heteroatoms. The SMILES string of the molecule is CC1=C(O)C(=O)C=C2C1=CC=C1C2(C)CCC2C3CC(C)(C(=O)O)CCC3(C)CCC12C. The molecular weight excluding hydrogens is 400 g/mol. The quantitative estimate of drug-likeness (QED) is 0.505. The molecule has 0 saturated heterocycles. The summed E-state index contributed by atoms with van der Waals surface area (Å²) in [6, 6.07) is 0. The summed E-state index contributed by atoms with van der Waals surface area (Å²) in [5.74, 6) is -0.210. The molecule has 0 spiro atoms. The van der Waals surface area contributed by atoms with Crippen LogP contribution >= 0.6 is 0 Å². The van der Waals surface area contributed by atoms with E-state index in [0.29, 0.717) is 17.4 Å². The third kappa shape index (κ3) is 2.61. The van der Waals surface area contributed by atoms with Gasteiger partial charge in [-0.3, -0.25) is 9.59 Å². The van der Waals surface area contributed by atoms with Crippen molar-refractivity contribution < 1.29 is 19.8 Å². The standard InChI is InChI=1S/C28H36O4/c1-16-17-6-7-22-27(4,19(17)14-21(29)23(16)30)9-8-18-20-15-26(3,24(31)32)11-10-25(20,2)12-13-28(18,22)5/h6-7,14,18,20,30H,8-13,15H2,1-5H3,(H,31,32). The van der Waals surface area contributed by atoms with E-state index in [1.165, 1.54) is 5.57 Å². The van der Waals surface area contributed by atoms with Crippen LogP contribution in [0, 0.1) is 33.5 Å². The van der Waals surface area contributed by atoms with E-state index in [1.54, 1.807) is 6.08 Å². The highest BCUT2D eigenvalue weighted by Crippen LogP contribution is 2.70. The van der Waals surface area contributed by atoms with Crippen molar-refractivity contribution in [2.24, 2.45) is 33.5 Å². The van der Waals surface area contributed by atoms with Crippen molar-refractivity contribution in [3.8, 4) is 0 Å². The minimum absolute atomic E-state index is 0.00302. The van der Waals surface area contributed by atoms with Gasteiger partial charge in [0.25, 0.3) is 0 Å². The molecule has 5 aliphatic rings. The van der Waals surface area contributed by atoms with Crippen molar-refractivity contribution in [2.75, 3.05) is 0 Å². The summed E-state index contributed by atoms with van der Waals surface area (Å²) in [5, 5.41) is 20.2. The number of aliphatic hydroxyl groups excluding tert-OH is 1. The number of allylic oxidation sites excluding steroid dienone is 7. The van der Waals surface area contributed by atoms with Gasteiger partial charge in [0.05, 0.1) is 5.41 Å². The highest BCUT2D eigenvalue weighted by Gasteiger charge is 2.62. The third-order valence-corrected chi connectivity index (χ3v) is 10.6. The van der Waals surface area contributed by atoms with Crippen molar-refractivity contribution >= 4 is 11.8 Å². The van der Waals surface area contributed by atoms with Crippen LogP contribution in [0.3, 0.4) is 0 Å². The molecule has 0 aromatic heterocycles. The fourth-order valence-electron chi connectivity index (χ4n) is 8.23. The molecule has 0 radical (unpaired) electrons. The van der Waals surface area contributed by atoms with Gasteiger partial charge in [-0.1, -0.05) is 38.5 Å². The van der Waals surface area contributed by atoms with Crippen molar-refractivity contribution in [3.05, 3.63) is 46.3 Å². The van der Waals surface area contributed by atoms with E-state index in [-0.39, 0.29) is 27.8 Å². The number of aliphatic carboxylic acids is 1. The van der Waals surface area contributed by atoms with Crippen LogP contribution in [0.2, 0.25) is 0 Å². The number of hydrogen-bond donors (Lipinski definition) is 2. The molecule has 0 bridgehead atoms. The average Bonchev–Trinajstić information content (AvgIpc) is 2.73. The number of carboxylic acids is 1. The molecule has 172 valence electrons. The van der Waals surface area contributed by atoms with Gasteiger partial charge in [0, 0.05) is 11.0 Å². The minimum atomic E-state index is -0.648. The van der Waals surface area contributed by atoms with Crippen molar-refractivity contribution in [1.29, 1.82) is 0 Å². The molecule has 5 rings (SSSR count). The van der Waals surface area contributed by atoms with E-state index in [2.05, 4.69) is 32.9 Å². The van der Waals surface area contributed by atoms with Crippen molar-refractivity contribution in [3.63, 3.8) is 0 Å². The molecule has 3 fully saturated rings. The Labute approximate surface area is 191 Å². The molecule has 32 heavy (non-hydrogen) atoms. The molecule has 0 aromatic rings. The van der Waals surface area contributed by atoms with Gasteiger partial charge in [0.1, 0.15) is 0 Å². The Morgan fingerprint density at radius 1 is 1.00 bits per heavy atom. The third-order valence-electron chi connectivity index (χ3n) is 10.6. The molecule has 0 amide bonds. The fourth-order valence-corrected chi connectivity index (χ4v) is 8.23. The zero-order valence-corrected chi connectivity index (χ0v) is 20.0. The summed E-state index contributed by atoms with van der Waals surface area (Å²) in [7, 11) is 0. The fraction of sp³-hybridized carbons (Fsp3) is 0.643. The summed E-state index contributed by atoms with van der Waals surface area (Å²) in [5.41, 5.74) is 3.50. The second kappa shape index (κ2) is 6.48. The first-order chi connectivity index (χ1) is 14.9. The topological polar surface area (TPSA) is 74.6 Å². The second-order valence-electron chi connectivity index (χ2n) is 12.3. The van der Waals surface area contributed by atoms with E-state index in [0.717, 1.165) is 56.1 Å². The van der Waals surface area contributed by atoms with Gasteiger partial charge in [-0.05, 0) is 98.7 Å². The Balaban J connectivity index is 1.60. The van der Waals surface area contributed by atoms with E-state index < -0.39 is 11.4 Å². The Bertz CT molecular complexity index is 1060. The van der Waals surface area contributed by atoms with Gasteiger partial charge >= 0.3 is 5.97 Å². The van der Waals surface area contributed by atoms with E-state index in [9.17, 15) is 19.8 Å². The van der Waals surface area contributed by atoms with Gasteiger partial charge in [-0.15, -0.1) is 0 Å². The minimum Gasteiger partial charge on any atom is -0.504 e. The van der Waals surface area contributed by atoms with Crippen LogP contribution in [-0.2, 0) is 9.59 Å². The van der Waals surface area contributed by atoms with Crippen LogP contribution in [0.25, 0.3) is 0 Å². The number of fused-ring (bicyclic) bond motifs is 7. The summed E-state index contributed by atoms with van der Waals surface area (Å²) in [6.07, 6.45) is 12.8. The molecule has 4 nitrogen and oxygen atoms in total. The lowest BCUT2D eigenvalue weighted by Gasteiger charge is -2.64. The first kappa shape index (κ1) is 21.7. The molecule has 5 aliphatic carbocycles. The molecule has 3 saturated carbocycles. The summed E-state index contributed by atoms with van der Waals surface area (Å²) in [6.45, 7) is 10.9. The van der Waals surface area contributed by atoms with Crippen molar-refractivity contribution in [1.82, 2.24) is 0 Å². The predicted octanol–water partition coefficient (Wildman–Crippen LogP) is 6.31. The molecule has 0 aromatic carbocycles. The van der Waals surface area contributed by atoms with Gasteiger partial charge < -0.3 is 10.2 Å². The Hall–Kier alpha value is -2.10. The predicted molar refractivity (Wildman–Crippen MR) is 124 cm³/mol. The average molecular weight is 437 g/mol. The first-order valence-corrected chi connectivity index (χ1v) is 12.2. The molecule has 6 unspecified atom stereocenters. The number of carbonyl (C=O) groups excluding carboxylic acids is 1. The molecule has 6 atom stereocenters. The summed E-state index contributed by atoms with van der Waals surface area (Å²) < 4.78 is 0. The van der Waals surface area contributed by atoms with Gasteiger partial charge in [-0.25, -0.2) is 0 Å². The number of hydrogen-bond acceptors (Lipinski definition) is 3. The van der Waals surface area contributed by atoms with E-state index in [4.69, 9.17) is 0 Å². The number of ketones is 1. The van der Waals surface area contributed by atoms with E-state index in [1.807, 2.05) is 13.8 Å². The number of carbonyl (C=O) groups is 2. The molecule has 0 aliphatic heterocycles. The molecule has 2 N–H and O–H groups in total. The summed E-state index contributed by atoms with van der Waals surface area (Å²) in [4.78, 5) is 24.7. The maximum Gasteiger partial charge on any atom is 0.309 e. The Morgan fingerprint density at radius 3 is 2.38 bits per heavy atom. The maximum atomic E-state index is 12.5. The lowest BCUT2D eigenvalue weighted by molar-refractivity contribution is -0.161. The highest BCUT2D eigenvalue weighted by atomic mass is 16.4. The number of rotatable bonds is 1. The zero-order valence-electron chi connectivity index (χ0n) is 20.0. The monoisotopic (exact) mass is 436 g/mol. The van der Waals surface area contributed by atoms with Gasteiger partial charge in [0.2, 0.25) is 5.78 Å². The van der Waals surface area contributed by atoms with Crippen LogP contribution in [0.4, 0.5) is 0 Å². The second-order valence-corrected chi connectivity index (χ2v) is 12.3. The smallest absolute Gasteiger partial charge is 0.309 e. The Morgan fingerprint density at radius 2 is 1.69 bits per heavy atom.